The third-order valence-corrected chi connectivity index (χ3v) is 5.07. The smallest absolute Gasteiger partial charge is 0.305 e. The molecule has 0 fully saturated rings. The standard InChI is InChI=1S/C24H28O4/c1-18-21(17-23(28-18)20-10-4-3-5-11-20)14-15-27-22-12-6-8-19(16-22)9-7-13-24(25)26-2/h3-6,8,10-12,16,23H,7,9,13-15,17H2,1-2H3. The molecule has 0 saturated carbocycles. The minimum absolute atomic E-state index is 0.120. The van der Waals surface area contributed by atoms with E-state index in [4.69, 9.17) is 9.47 Å². The summed E-state index contributed by atoms with van der Waals surface area (Å²) in [4.78, 5) is 11.2. The molecule has 2 aromatic carbocycles. The van der Waals surface area contributed by atoms with Gasteiger partial charge in [-0.1, -0.05) is 42.5 Å². The van der Waals surface area contributed by atoms with E-state index in [2.05, 4.69) is 29.0 Å². The van der Waals surface area contributed by atoms with Gasteiger partial charge in [-0.2, -0.15) is 0 Å². The van der Waals surface area contributed by atoms with Crippen molar-refractivity contribution in [1.29, 1.82) is 0 Å². The fourth-order valence-electron chi connectivity index (χ4n) is 3.46. The molecule has 3 rings (SSSR count). The molecule has 0 aromatic heterocycles. The van der Waals surface area contributed by atoms with Crippen LogP contribution in [0.1, 0.15) is 49.8 Å². The first-order chi connectivity index (χ1) is 13.7. The van der Waals surface area contributed by atoms with E-state index in [9.17, 15) is 4.79 Å². The van der Waals surface area contributed by atoms with Crippen molar-refractivity contribution < 1.29 is 19.0 Å². The zero-order chi connectivity index (χ0) is 19.8. The molecule has 4 heteroatoms. The molecule has 0 saturated heterocycles. The fraction of sp³-hybridized carbons (Fsp3) is 0.375. The molecule has 0 amide bonds. The van der Waals surface area contributed by atoms with E-state index in [-0.39, 0.29) is 12.1 Å². The summed E-state index contributed by atoms with van der Waals surface area (Å²) in [6, 6.07) is 18.4. The van der Waals surface area contributed by atoms with Crippen LogP contribution in [0.25, 0.3) is 0 Å². The summed E-state index contributed by atoms with van der Waals surface area (Å²) in [6.07, 6.45) is 3.96. The zero-order valence-corrected chi connectivity index (χ0v) is 16.6. The Morgan fingerprint density at radius 2 is 1.93 bits per heavy atom. The molecule has 148 valence electrons. The van der Waals surface area contributed by atoms with Crippen LogP contribution in [0.3, 0.4) is 0 Å². The van der Waals surface area contributed by atoms with E-state index in [0.717, 1.165) is 37.2 Å². The van der Waals surface area contributed by atoms with Gasteiger partial charge in [0.1, 0.15) is 11.9 Å². The van der Waals surface area contributed by atoms with Crippen LogP contribution >= 0.6 is 0 Å². The molecule has 4 nitrogen and oxygen atoms in total. The van der Waals surface area contributed by atoms with Gasteiger partial charge in [0.05, 0.1) is 19.5 Å². The van der Waals surface area contributed by atoms with Crippen molar-refractivity contribution in [3.63, 3.8) is 0 Å². The van der Waals surface area contributed by atoms with Crippen LogP contribution in [-0.2, 0) is 20.7 Å². The van der Waals surface area contributed by atoms with E-state index < -0.39 is 0 Å². The second kappa shape index (κ2) is 9.98. The number of carbonyl (C=O) groups is 1. The average molecular weight is 380 g/mol. The minimum Gasteiger partial charge on any atom is -0.493 e. The summed E-state index contributed by atoms with van der Waals surface area (Å²) >= 11 is 0. The monoisotopic (exact) mass is 380 g/mol. The van der Waals surface area contributed by atoms with Crippen molar-refractivity contribution >= 4 is 5.97 Å². The maximum atomic E-state index is 11.2. The van der Waals surface area contributed by atoms with Gasteiger partial charge in [0.15, 0.2) is 0 Å². The first-order valence-electron chi connectivity index (χ1n) is 9.84. The molecule has 1 aliphatic rings. The Hall–Kier alpha value is -2.75. The highest BCUT2D eigenvalue weighted by Gasteiger charge is 2.24. The van der Waals surface area contributed by atoms with Crippen LogP contribution in [0.5, 0.6) is 5.75 Å². The number of hydrogen-bond donors (Lipinski definition) is 0. The predicted molar refractivity (Wildman–Crippen MR) is 109 cm³/mol. The van der Waals surface area contributed by atoms with Crippen LogP contribution in [0.15, 0.2) is 65.9 Å². The van der Waals surface area contributed by atoms with Crippen LogP contribution in [0.2, 0.25) is 0 Å². The van der Waals surface area contributed by atoms with Crippen molar-refractivity contribution in [3.05, 3.63) is 77.1 Å². The highest BCUT2D eigenvalue weighted by atomic mass is 16.5. The number of aryl methyl sites for hydroxylation is 1. The van der Waals surface area contributed by atoms with Gasteiger partial charge in [0, 0.05) is 19.3 Å². The third kappa shape index (κ3) is 5.62. The van der Waals surface area contributed by atoms with Gasteiger partial charge in [-0.3, -0.25) is 4.79 Å². The molecule has 0 N–H and O–H groups in total. The normalized spacial score (nSPS) is 16.0. The SMILES string of the molecule is COC(=O)CCCc1cccc(OCCC2=C(C)OC(c3ccccc3)C2)c1. The lowest BCUT2D eigenvalue weighted by Crippen LogP contribution is -2.02. The van der Waals surface area contributed by atoms with Gasteiger partial charge in [0.2, 0.25) is 0 Å². The van der Waals surface area contributed by atoms with E-state index >= 15 is 0 Å². The number of allylic oxidation sites excluding steroid dienone is 1. The summed E-state index contributed by atoms with van der Waals surface area (Å²) in [6.45, 7) is 2.67. The van der Waals surface area contributed by atoms with Gasteiger partial charge in [0.25, 0.3) is 0 Å². The first kappa shape index (κ1) is 20.0. The van der Waals surface area contributed by atoms with Crippen molar-refractivity contribution in [2.75, 3.05) is 13.7 Å². The summed E-state index contributed by atoms with van der Waals surface area (Å²) in [5.74, 6) is 1.73. The average Bonchev–Trinajstić information content (AvgIpc) is 3.09. The Morgan fingerprint density at radius 1 is 1.11 bits per heavy atom. The maximum Gasteiger partial charge on any atom is 0.305 e. The number of methoxy groups -OCH3 is 1. The third-order valence-electron chi connectivity index (χ3n) is 5.07. The predicted octanol–water partition coefficient (Wildman–Crippen LogP) is 5.39. The van der Waals surface area contributed by atoms with Gasteiger partial charge in [-0.15, -0.1) is 0 Å². The zero-order valence-electron chi connectivity index (χ0n) is 16.6. The largest absolute Gasteiger partial charge is 0.493 e. The number of ether oxygens (including phenoxy) is 3. The quantitative estimate of drug-likeness (QED) is 0.547. The Bertz CT molecular complexity index is 810. The molecule has 0 radical (unpaired) electrons. The van der Waals surface area contributed by atoms with E-state index in [1.54, 1.807) is 0 Å². The van der Waals surface area contributed by atoms with Crippen molar-refractivity contribution in [2.24, 2.45) is 0 Å². The summed E-state index contributed by atoms with van der Waals surface area (Å²) in [5.41, 5.74) is 3.71. The molecular weight excluding hydrogens is 352 g/mol. The molecule has 2 aromatic rings. The lowest BCUT2D eigenvalue weighted by Gasteiger charge is -2.11. The van der Waals surface area contributed by atoms with E-state index in [0.29, 0.717) is 13.0 Å². The Kier molecular flexibility index (Phi) is 7.12. The molecular formula is C24H28O4. The lowest BCUT2D eigenvalue weighted by molar-refractivity contribution is -0.140. The van der Waals surface area contributed by atoms with E-state index in [1.165, 1.54) is 23.8 Å². The second-order valence-electron chi connectivity index (χ2n) is 7.06. The van der Waals surface area contributed by atoms with Crippen molar-refractivity contribution in [3.8, 4) is 5.75 Å². The van der Waals surface area contributed by atoms with Crippen LogP contribution in [0.4, 0.5) is 0 Å². The molecule has 0 bridgehead atoms. The van der Waals surface area contributed by atoms with Gasteiger partial charge in [-0.05, 0) is 48.6 Å². The maximum absolute atomic E-state index is 11.2. The Labute approximate surface area is 167 Å². The molecule has 1 unspecified atom stereocenters. The summed E-state index contributed by atoms with van der Waals surface area (Å²) < 4.78 is 16.7. The van der Waals surface area contributed by atoms with Crippen LogP contribution in [0, 0.1) is 0 Å². The topological polar surface area (TPSA) is 44.8 Å². The van der Waals surface area contributed by atoms with Crippen molar-refractivity contribution in [2.45, 2.75) is 45.1 Å². The number of hydrogen-bond acceptors (Lipinski definition) is 4. The molecule has 28 heavy (non-hydrogen) atoms. The molecule has 0 spiro atoms. The van der Waals surface area contributed by atoms with E-state index in [1.807, 2.05) is 37.3 Å². The summed E-state index contributed by atoms with van der Waals surface area (Å²) in [7, 11) is 1.42. The Balaban J connectivity index is 1.45. The number of carbonyl (C=O) groups excluding carboxylic acids is 1. The fourth-order valence-corrected chi connectivity index (χ4v) is 3.46. The molecule has 1 aliphatic heterocycles. The van der Waals surface area contributed by atoms with Crippen LogP contribution < -0.4 is 4.74 Å². The second-order valence-corrected chi connectivity index (χ2v) is 7.06. The highest BCUT2D eigenvalue weighted by Crippen LogP contribution is 2.37. The summed E-state index contributed by atoms with van der Waals surface area (Å²) in [5, 5.41) is 0. The number of rotatable bonds is 9. The van der Waals surface area contributed by atoms with Crippen LogP contribution in [-0.4, -0.2) is 19.7 Å². The minimum atomic E-state index is -0.163. The van der Waals surface area contributed by atoms with Gasteiger partial charge < -0.3 is 14.2 Å². The first-order valence-corrected chi connectivity index (χ1v) is 9.84. The number of benzene rings is 2. The molecule has 0 aliphatic carbocycles. The highest BCUT2D eigenvalue weighted by molar-refractivity contribution is 5.69. The molecule has 1 atom stereocenters. The molecule has 1 heterocycles. The lowest BCUT2D eigenvalue weighted by atomic mass is 10.0. The van der Waals surface area contributed by atoms with Crippen molar-refractivity contribution in [1.82, 2.24) is 0 Å². The number of esters is 1. The van der Waals surface area contributed by atoms with Gasteiger partial charge in [-0.25, -0.2) is 0 Å². The Morgan fingerprint density at radius 3 is 2.71 bits per heavy atom. The van der Waals surface area contributed by atoms with Gasteiger partial charge >= 0.3 is 5.97 Å².